The third-order valence-corrected chi connectivity index (χ3v) is 2.58. The average molecular weight is 237 g/mol. The summed E-state index contributed by atoms with van der Waals surface area (Å²) in [6.07, 6.45) is 0. The van der Waals surface area contributed by atoms with Gasteiger partial charge < -0.3 is 19.5 Å². The Morgan fingerprint density at radius 2 is 2.06 bits per heavy atom. The third kappa shape index (κ3) is 3.10. The molecule has 1 aromatic carbocycles. The summed E-state index contributed by atoms with van der Waals surface area (Å²) in [6.45, 7) is 2.29. The Morgan fingerprint density at radius 3 is 2.76 bits per heavy atom. The maximum Gasteiger partial charge on any atom is 0.260 e. The number of benzene rings is 1. The second-order valence-corrected chi connectivity index (χ2v) is 3.75. The van der Waals surface area contributed by atoms with E-state index < -0.39 is 0 Å². The highest BCUT2D eigenvalue weighted by Gasteiger charge is 2.17. The Balaban J connectivity index is 1.85. The van der Waals surface area contributed by atoms with Crippen LogP contribution >= 0.6 is 0 Å². The molecule has 1 aromatic rings. The van der Waals surface area contributed by atoms with Crippen LogP contribution in [0.25, 0.3) is 0 Å². The van der Waals surface area contributed by atoms with Gasteiger partial charge in [-0.1, -0.05) is 12.1 Å². The molecule has 1 aliphatic heterocycles. The molecule has 1 aliphatic rings. The van der Waals surface area contributed by atoms with Gasteiger partial charge >= 0.3 is 0 Å². The van der Waals surface area contributed by atoms with Crippen LogP contribution in [0.2, 0.25) is 0 Å². The van der Waals surface area contributed by atoms with Crippen molar-refractivity contribution in [3.05, 3.63) is 24.3 Å². The number of nitrogens with zero attached hydrogens (tertiary/aromatic N) is 1. The Morgan fingerprint density at radius 1 is 1.35 bits per heavy atom. The Hall–Kier alpha value is -1.75. The van der Waals surface area contributed by atoms with Crippen molar-refractivity contribution in [3.8, 4) is 11.5 Å². The van der Waals surface area contributed by atoms with Crippen LogP contribution in [0.1, 0.15) is 0 Å². The molecule has 0 aromatic heterocycles. The summed E-state index contributed by atoms with van der Waals surface area (Å²) in [4.78, 5) is 13.4. The number of phenolic OH excluding ortho intramolecular Hbond substituents is 1. The number of aromatic hydroxyl groups is 1. The zero-order valence-corrected chi connectivity index (χ0v) is 9.46. The zero-order chi connectivity index (χ0) is 12.1. The van der Waals surface area contributed by atoms with Gasteiger partial charge in [-0.05, 0) is 12.1 Å². The SMILES string of the molecule is O=C(COc1ccccc1O)N1CCOCC1. The number of carbonyl (C=O) groups excluding carboxylic acids is 1. The summed E-state index contributed by atoms with van der Waals surface area (Å²) in [6, 6.07) is 6.59. The Kier molecular flexibility index (Phi) is 3.82. The van der Waals surface area contributed by atoms with Gasteiger partial charge in [-0.2, -0.15) is 0 Å². The molecule has 0 atom stereocenters. The van der Waals surface area contributed by atoms with E-state index in [1.54, 1.807) is 23.1 Å². The molecule has 5 nitrogen and oxygen atoms in total. The first kappa shape index (κ1) is 11.7. The fourth-order valence-electron chi connectivity index (χ4n) is 1.62. The highest BCUT2D eigenvalue weighted by Crippen LogP contribution is 2.24. The normalized spacial score (nSPS) is 15.6. The van der Waals surface area contributed by atoms with E-state index in [9.17, 15) is 9.90 Å². The van der Waals surface area contributed by atoms with E-state index in [-0.39, 0.29) is 18.3 Å². The van der Waals surface area contributed by atoms with Crippen molar-refractivity contribution >= 4 is 5.91 Å². The third-order valence-electron chi connectivity index (χ3n) is 2.58. The van der Waals surface area contributed by atoms with Crippen LogP contribution in [-0.4, -0.2) is 48.8 Å². The topological polar surface area (TPSA) is 59.0 Å². The average Bonchev–Trinajstić information content (AvgIpc) is 2.38. The van der Waals surface area contributed by atoms with Crippen molar-refractivity contribution in [2.24, 2.45) is 0 Å². The summed E-state index contributed by atoms with van der Waals surface area (Å²) in [5.41, 5.74) is 0. The number of amides is 1. The van der Waals surface area contributed by atoms with Crippen LogP contribution in [0.4, 0.5) is 0 Å². The fraction of sp³-hybridized carbons (Fsp3) is 0.417. The minimum Gasteiger partial charge on any atom is -0.504 e. The van der Waals surface area contributed by atoms with Gasteiger partial charge in [-0.3, -0.25) is 4.79 Å². The number of rotatable bonds is 3. The first-order valence-corrected chi connectivity index (χ1v) is 5.53. The van der Waals surface area contributed by atoms with Gasteiger partial charge in [-0.25, -0.2) is 0 Å². The van der Waals surface area contributed by atoms with E-state index in [1.807, 2.05) is 0 Å². The highest BCUT2D eigenvalue weighted by molar-refractivity contribution is 5.77. The molecule has 1 N–H and O–H groups in total. The van der Waals surface area contributed by atoms with Gasteiger partial charge in [-0.15, -0.1) is 0 Å². The van der Waals surface area contributed by atoms with Gasteiger partial charge in [0.15, 0.2) is 18.1 Å². The summed E-state index contributed by atoms with van der Waals surface area (Å²) >= 11 is 0. The number of morpholine rings is 1. The number of carbonyl (C=O) groups is 1. The molecule has 0 saturated carbocycles. The van der Waals surface area contributed by atoms with E-state index in [1.165, 1.54) is 6.07 Å². The molecular formula is C12H15NO4. The van der Waals surface area contributed by atoms with Crippen LogP contribution in [0, 0.1) is 0 Å². The molecule has 0 unspecified atom stereocenters. The molecule has 0 spiro atoms. The molecule has 5 heteroatoms. The molecule has 0 bridgehead atoms. The van der Waals surface area contributed by atoms with E-state index in [0.29, 0.717) is 32.1 Å². The summed E-state index contributed by atoms with van der Waals surface area (Å²) < 4.78 is 10.4. The number of hydrogen-bond donors (Lipinski definition) is 1. The smallest absolute Gasteiger partial charge is 0.260 e. The number of hydrogen-bond acceptors (Lipinski definition) is 4. The molecule has 1 saturated heterocycles. The minimum absolute atomic E-state index is 0.0438. The first-order valence-electron chi connectivity index (χ1n) is 5.53. The van der Waals surface area contributed by atoms with Gasteiger partial charge in [0.05, 0.1) is 13.2 Å². The van der Waals surface area contributed by atoms with Gasteiger partial charge in [0, 0.05) is 13.1 Å². The lowest BCUT2D eigenvalue weighted by atomic mass is 10.3. The van der Waals surface area contributed by atoms with Crippen molar-refractivity contribution in [3.63, 3.8) is 0 Å². The lowest BCUT2D eigenvalue weighted by Gasteiger charge is -2.26. The van der Waals surface area contributed by atoms with Crippen molar-refractivity contribution in [2.75, 3.05) is 32.9 Å². The molecular weight excluding hydrogens is 222 g/mol. The standard InChI is InChI=1S/C12H15NO4/c14-10-3-1-2-4-11(10)17-9-12(15)13-5-7-16-8-6-13/h1-4,14H,5-9H2. The lowest BCUT2D eigenvalue weighted by molar-refractivity contribution is -0.137. The molecule has 17 heavy (non-hydrogen) atoms. The van der Waals surface area contributed by atoms with E-state index in [0.717, 1.165) is 0 Å². The van der Waals surface area contributed by atoms with Crippen molar-refractivity contribution in [2.45, 2.75) is 0 Å². The van der Waals surface area contributed by atoms with Crippen LogP contribution < -0.4 is 4.74 Å². The first-order chi connectivity index (χ1) is 8.27. The van der Waals surface area contributed by atoms with Crippen LogP contribution in [-0.2, 0) is 9.53 Å². The molecule has 0 aliphatic carbocycles. The van der Waals surface area contributed by atoms with Crippen molar-refractivity contribution < 1.29 is 19.4 Å². The van der Waals surface area contributed by atoms with E-state index in [2.05, 4.69) is 0 Å². The summed E-state index contributed by atoms with van der Waals surface area (Å²) in [5.74, 6) is 0.285. The monoisotopic (exact) mass is 237 g/mol. The Labute approximate surface area is 99.6 Å². The number of phenols is 1. The number of ether oxygens (including phenoxy) is 2. The van der Waals surface area contributed by atoms with Crippen LogP contribution in [0.15, 0.2) is 24.3 Å². The maximum atomic E-state index is 11.7. The summed E-state index contributed by atoms with van der Waals surface area (Å²) in [7, 11) is 0. The Bertz CT molecular complexity index is 388. The van der Waals surface area contributed by atoms with Crippen LogP contribution in [0.3, 0.4) is 0 Å². The van der Waals surface area contributed by atoms with E-state index in [4.69, 9.17) is 9.47 Å². The van der Waals surface area contributed by atoms with Gasteiger partial charge in [0.2, 0.25) is 0 Å². The molecule has 92 valence electrons. The molecule has 1 fully saturated rings. The zero-order valence-electron chi connectivity index (χ0n) is 9.46. The maximum absolute atomic E-state index is 11.7. The fourth-order valence-corrected chi connectivity index (χ4v) is 1.62. The largest absolute Gasteiger partial charge is 0.504 e. The van der Waals surface area contributed by atoms with Crippen LogP contribution in [0.5, 0.6) is 11.5 Å². The number of para-hydroxylation sites is 2. The summed E-state index contributed by atoms with van der Waals surface area (Å²) in [5, 5.41) is 9.46. The molecule has 1 amide bonds. The minimum atomic E-state index is -0.0865. The highest BCUT2D eigenvalue weighted by atomic mass is 16.5. The quantitative estimate of drug-likeness (QED) is 0.837. The molecule has 1 heterocycles. The van der Waals surface area contributed by atoms with Gasteiger partial charge in [0.25, 0.3) is 5.91 Å². The second kappa shape index (κ2) is 5.54. The molecule has 0 radical (unpaired) electrons. The predicted octanol–water partition coefficient (Wildman–Crippen LogP) is 0.630. The van der Waals surface area contributed by atoms with Crippen molar-refractivity contribution in [1.29, 1.82) is 0 Å². The second-order valence-electron chi connectivity index (χ2n) is 3.75. The van der Waals surface area contributed by atoms with Gasteiger partial charge in [0.1, 0.15) is 0 Å². The predicted molar refractivity (Wildman–Crippen MR) is 61.0 cm³/mol. The molecule has 2 rings (SSSR count). The lowest BCUT2D eigenvalue weighted by Crippen LogP contribution is -2.42. The van der Waals surface area contributed by atoms with Crippen molar-refractivity contribution in [1.82, 2.24) is 4.90 Å². The van der Waals surface area contributed by atoms with E-state index >= 15 is 0 Å².